The van der Waals surface area contributed by atoms with Gasteiger partial charge in [-0.15, -0.1) is 23.7 Å². The summed E-state index contributed by atoms with van der Waals surface area (Å²) in [5.74, 6) is 1.67. The van der Waals surface area contributed by atoms with Crippen LogP contribution in [0.5, 0.6) is 5.75 Å². The third-order valence-electron chi connectivity index (χ3n) is 6.66. The maximum atomic E-state index is 13.1. The molecule has 1 aromatic heterocycles. The van der Waals surface area contributed by atoms with Crippen molar-refractivity contribution < 1.29 is 9.53 Å². The van der Waals surface area contributed by atoms with Crippen LogP contribution in [0.25, 0.3) is 10.1 Å². The van der Waals surface area contributed by atoms with Crippen LogP contribution in [0, 0.1) is 5.92 Å². The molecule has 27 heavy (non-hydrogen) atoms. The highest BCUT2D eigenvalue weighted by atomic mass is 35.5. The molecule has 0 radical (unpaired) electrons. The monoisotopic (exact) mass is 406 g/mol. The number of ether oxygens (including phenoxy) is 1. The molecule has 3 saturated heterocycles. The number of fused-ring (bicyclic) bond motifs is 6. The Hall–Kier alpha value is -1.30. The lowest BCUT2D eigenvalue weighted by molar-refractivity contribution is -0.0377. The SMILES string of the molecule is CC1(C)[C@H](NC(=O)c2cc3ccc4c(c3s2)OCCC4)C2CCN1CC2.Cl. The van der Waals surface area contributed by atoms with E-state index in [1.165, 1.54) is 18.4 Å². The normalized spacial score (nSPS) is 28.1. The molecule has 1 aromatic carbocycles. The van der Waals surface area contributed by atoms with Gasteiger partial charge in [-0.05, 0) is 75.6 Å². The van der Waals surface area contributed by atoms with Crippen molar-refractivity contribution >= 4 is 39.7 Å². The largest absolute Gasteiger partial charge is 0.492 e. The minimum Gasteiger partial charge on any atom is -0.492 e. The van der Waals surface area contributed by atoms with Crippen LogP contribution in [0.2, 0.25) is 0 Å². The molecule has 1 atom stereocenters. The van der Waals surface area contributed by atoms with Crippen LogP contribution in [0.4, 0.5) is 0 Å². The Labute approximate surface area is 170 Å². The predicted octanol–water partition coefficient (Wildman–Crippen LogP) is 4.25. The minimum atomic E-state index is 0. The molecule has 3 fully saturated rings. The smallest absolute Gasteiger partial charge is 0.261 e. The van der Waals surface area contributed by atoms with Gasteiger partial charge >= 0.3 is 0 Å². The van der Waals surface area contributed by atoms with Crippen molar-refractivity contribution in [1.29, 1.82) is 0 Å². The van der Waals surface area contributed by atoms with E-state index >= 15 is 0 Å². The number of amides is 1. The average molecular weight is 407 g/mol. The lowest BCUT2D eigenvalue weighted by atomic mass is 9.72. The number of rotatable bonds is 2. The van der Waals surface area contributed by atoms with E-state index in [0.717, 1.165) is 53.3 Å². The van der Waals surface area contributed by atoms with Crippen molar-refractivity contribution in [3.05, 3.63) is 28.6 Å². The van der Waals surface area contributed by atoms with E-state index < -0.39 is 0 Å². The van der Waals surface area contributed by atoms with E-state index in [1.54, 1.807) is 11.3 Å². The summed E-state index contributed by atoms with van der Waals surface area (Å²) in [7, 11) is 0. The summed E-state index contributed by atoms with van der Waals surface area (Å²) in [4.78, 5) is 16.4. The Morgan fingerprint density at radius 2 is 2.07 bits per heavy atom. The fourth-order valence-corrected chi connectivity index (χ4v) is 6.20. The van der Waals surface area contributed by atoms with Crippen molar-refractivity contribution in [3.63, 3.8) is 0 Å². The van der Waals surface area contributed by atoms with Gasteiger partial charge in [0, 0.05) is 11.6 Å². The number of benzene rings is 1. The van der Waals surface area contributed by atoms with Gasteiger partial charge in [0.05, 0.1) is 16.2 Å². The molecule has 0 aliphatic carbocycles. The third-order valence-corrected chi connectivity index (χ3v) is 7.81. The minimum absolute atomic E-state index is 0. The summed E-state index contributed by atoms with van der Waals surface area (Å²) in [6, 6.07) is 6.55. The van der Waals surface area contributed by atoms with Crippen LogP contribution in [0.3, 0.4) is 0 Å². The number of halogens is 1. The van der Waals surface area contributed by atoms with Gasteiger partial charge in [-0.1, -0.05) is 12.1 Å². The summed E-state index contributed by atoms with van der Waals surface area (Å²) in [5, 5.41) is 4.51. The van der Waals surface area contributed by atoms with Gasteiger partial charge < -0.3 is 10.1 Å². The molecule has 6 heteroatoms. The summed E-state index contributed by atoms with van der Waals surface area (Å²) in [6.07, 6.45) is 4.54. The number of nitrogens with zero attached hydrogens (tertiary/aromatic N) is 1. The first-order chi connectivity index (χ1) is 12.5. The number of carbonyl (C=O) groups excluding carboxylic acids is 1. The number of piperidine rings is 3. The zero-order valence-electron chi connectivity index (χ0n) is 15.9. The third kappa shape index (κ3) is 3.04. The first-order valence-corrected chi connectivity index (χ1v) is 10.6. The molecule has 0 saturated carbocycles. The summed E-state index contributed by atoms with van der Waals surface area (Å²) >= 11 is 1.58. The van der Waals surface area contributed by atoms with E-state index in [-0.39, 0.29) is 29.9 Å². The van der Waals surface area contributed by atoms with E-state index in [1.807, 2.05) is 6.07 Å². The number of aryl methyl sites for hydroxylation is 1. The molecule has 4 aliphatic rings. The Bertz CT molecular complexity index is 870. The van der Waals surface area contributed by atoms with Crippen LogP contribution in [-0.4, -0.2) is 42.1 Å². The van der Waals surface area contributed by atoms with Crippen molar-refractivity contribution in [1.82, 2.24) is 10.2 Å². The lowest BCUT2D eigenvalue weighted by Crippen LogP contribution is -2.69. The highest BCUT2D eigenvalue weighted by Crippen LogP contribution is 2.41. The summed E-state index contributed by atoms with van der Waals surface area (Å²) in [5.41, 5.74) is 1.31. The second-order valence-electron chi connectivity index (χ2n) is 8.46. The maximum Gasteiger partial charge on any atom is 0.261 e. The van der Waals surface area contributed by atoms with Gasteiger partial charge in [-0.25, -0.2) is 0 Å². The Kier molecular flexibility index (Phi) is 4.90. The van der Waals surface area contributed by atoms with Crippen molar-refractivity contribution in [3.8, 4) is 5.75 Å². The number of carbonyl (C=O) groups is 1. The van der Waals surface area contributed by atoms with Crippen LogP contribution < -0.4 is 10.1 Å². The number of nitrogens with one attached hydrogen (secondary N) is 1. The number of thiophene rings is 1. The first-order valence-electron chi connectivity index (χ1n) is 9.78. The summed E-state index contributed by atoms with van der Waals surface area (Å²) in [6.45, 7) is 7.66. The highest BCUT2D eigenvalue weighted by molar-refractivity contribution is 7.21. The van der Waals surface area contributed by atoms with E-state index in [0.29, 0.717) is 5.92 Å². The molecular formula is C21H27ClN2O2S. The van der Waals surface area contributed by atoms with Gasteiger partial charge in [0.25, 0.3) is 5.91 Å². The average Bonchev–Trinajstić information content (AvgIpc) is 3.10. The molecule has 1 amide bonds. The Balaban J connectivity index is 0.00000180. The van der Waals surface area contributed by atoms with Gasteiger partial charge in [0.1, 0.15) is 5.75 Å². The molecule has 2 aromatic rings. The van der Waals surface area contributed by atoms with E-state index in [9.17, 15) is 4.79 Å². The van der Waals surface area contributed by atoms with Crippen LogP contribution in [0.1, 0.15) is 48.3 Å². The molecule has 5 heterocycles. The van der Waals surface area contributed by atoms with Gasteiger partial charge in [0.15, 0.2) is 0 Å². The van der Waals surface area contributed by atoms with Crippen molar-refractivity contribution in [2.75, 3.05) is 19.7 Å². The maximum absolute atomic E-state index is 13.1. The van der Waals surface area contributed by atoms with Crippen LogP contribution >= 0.6 is 23.7 Å². The molecule has 2 bridgehead atoms. The standard InChI is InChI=1S/C21H26N2O2S.ClH/c1-21(2)19(14-7-9-23(21)10-8-14)22-20(24)16-12-15-6-5-13-4-3-11-25-17(13)18(15)26-16;/h5-6,12,14,19H,3-4,7-11H2,1-2H3,(H,22,24);1H/t19-;/m1./s1. The fraction of sp³-hybridized carbons (Fsp3) is 0.571. The lowest BCUT2D eigenvalue weighted by Gasteiger charge is -2.56. The van der Waals surface area contributed by atoms with Crippen molar-refractivity contribution in [2.45, 2.75) is 51.1 Å². The summed E-state index contributed by atoms with van der Waals surface area (Å²) < 4.78 is 7.05. The van der Waals surface area contributed by atoms with E-state index in [2.05, 4.69) is 36.2 Å². The van der Waals surface area contributed by atoms with Crippen LogP contribution in [-0.2, 0) is 6.42 Å². The Morgan fingerprint density at radius 1 is 1.30 bits per heavy atom. The van der Waals surface area contributed by atoms with Gasteiger partial charge in [0.2, 0.25) is 0 Å². The zero-order valence-corrected chi connectivity index (χ0v) is 17.5. The molecule has 0 spiro atoms. The molecule has 4 aliphatic heterocycles. The molecular weight excluding hydrogens is 380 g/mol. The molecule has 146 valence electrons. The highest BCUT2D eigenvalue weighted by Gasteiger charge is 2.48. The van der Waals surface area contributed by atoms with E-state index in [4.69, 9.17) is 4.74 Å². The second kappa shape index (κ2) is 6.94. The van der Waals surface area contributed by atoms with Gasteiger partial charge in [-0.3, -0.25) is 9.69 Å². The topological polar surface area (TPSA) is 41.6 Å². The fourth-order valence-electron chi connectivity index (χ4n) is 5.11. The molecule has 4 nitrogen and oxygen atoms in total. The quantitative estimate of drug-likeness (QED) is 0.810. The Morgan fingerprint density at radius 3 is 2.81 bits per heavy atom. The molecule has 6 rings (SSSR count). The predicted molar refractivity (Wildman–Crippen MR) is 113 cm³/mol. The molecule has 1 N–H and O–H groups in total. The zero-order chi connectivity index (χ0) is 17.9. The second-order valence-corrected chi connectivity index (χ2v) is 9.52. The number of hydrogen-bond acceptors (Lipinski definition) is 4. The number of hydrogen-bond donors (Lipinski definition) is 1. The first kappa shape index (κ1) is 19.0. The van der Waals surface area contributed by atoms with Crippen LogP contribution in [0.15, 0.2) is 18.2 Å². The molecule has 0 unspecified atom stereocenters. The van der Waals surface area contributed by atoms with Crippen molar-refractivity contribution in [2.24, 2.45) is 5.92 Å². The van der Waals surface area contributed by atoms with Gasteiger partial charge in [-0.2, -0.15) is 0 Å².